The molecule has 1 aromatic heterocycles. The third kappa shape index (κ3) is 2.53. The zero-order valence-electron chi connectivity index (χ0n) is 15.5. The van der Waals surface area contributed by atoms with E-state index in [1.807, 2.05) is 19.1 Å². The molecule has 0 saturated carbocycles. The first-order valence-electron chi connectivity index (χ1n) is 9.46. The molecule has 2 aliphatic rings. The number of primary amides is 1. The lowest BCUT2D eigenvalue weighted by Gasteiger charge is -2.51. The molecule has 2 heterocycles. The van der Waals surface area contributed by atoms with E-state index in [0.29, 0.717) is 17.4 Å². The molecule has 2 aromatic rings. The minimum absolute atomic E-state index is 0.0103. The monoisotopic (exact) mass is 353 g/mol. The molecular formula is C21H27N3O2. The molecule has 5 nitrogen and oxygen atoms in total. The lowest BCUT2D eigenvalue weighted by atomic mass is 9.58. The third-order valence-electron chi connectivity index (χ3n) is 6.66. The Morgan fingerprint density at radius 1 is 1.46 bits per heavy atom. The molecule has 1 fully saturated rings. The number of carbonyl (C=O) groups excluding carboxylic acids is 1. The summed E-state index contributed by atoms with van der Waals surface area (Å²) in [5.74, 6) is 0.391. The van der Waals surface area contributed by atoms with Gasteiger partial charge in [-0.15, -0.1) is 0 Å². The normalized spacial score (nSPS) is 25.5. The Morgan fingerprint density at radius 3 is 2.96 bits per heavy atom. The van der Waals surface area contributed by atoms with Crippen molar-refractivity contribution in [2.75, 3.05) is 19.6 Å². The average Bonchev–Trinajstić information content (AvgIpc) is 2.95. The standard InChI is InChI=1S/C21H27N3O2/c1-3-24-8-7-21(14-5-4-6-16(25)9-14)11-18-17(10-15(21)12-24)13(2)19(23-18)20(22)26/h4-6,9,15,23,25H,3,7-8,10-12H2,1-2H3,(H2,22,26). The van der Waals surface area contributed by atoms with Crippen LogP contribution in [-0.4, -0.2) is 40.5 Å². The molecule has 1 amide bonds. The molecule has 4 rings (SSSR count). The summed E-state index contributed by atoms with van der Waals surface area (Å²) in [5.41, 5.74) is 10.7. The Kier molecular flexibility index (Phi) is 4.07. The van der Waals surface area contributed by atoms with E-state index in [0.717, 1.165) is 50.2 Å². The van der Waals surface area contributed by atoms with E-state index in [9.17, 15) is 9.90 Å². The molecule has 0 bridgehead atoms. The molecule has 138 valence electrons. The van der Waals surface area contributed by atoms with Gasteiger partial charge >= 0.3 is 0 Å². The Balaban J connectivity index is 1.83. The highest BCUT2D eigenvalue weighted by molar-refractivity contribution is 5.93. The smallest absolute Gasteiger partial charge is 0.265 e. The molecule has 4 N–H and O–H groups in total. The van der Waals surface area contributed by atoms with Crippen molar-refractivity contribution in [3.05, 3.63) is 52.3 Å². The quantitative estimate of drug-likeness (QED) is 0.793. The van der Waals surface area contributed by atoms with Crippen molar-refractivity contribution in [1.29, 1.82) is 0 Å². The van der Waals surface area contributed by atoms with Gasteiger partial charge in [0.2, 0.25) is 0 Å². The summed E-state index contributed by atoms with van der Waals surface area (Å²) in [7, 11) is 0. The number of phenols is 1. The first-order valence-corrected chi connectivity index (χ1v) is 9.46. The number of nitrogens with one attached hydrogen (secondary N) is 1. The summed E-state index contributed by atoms with van der Waals surface area (Å²) in [6, 6.07) is 7.73. The molecule has 2 atom stereocenters. The Bertz CT molecular complexity index is 857. The van der Waals surface area contributed by atoms with Crippen LogP contribution in [0.2, 0.25) is 0 Å². The minimum Gasteiger partial charge on any atom is -0.508 e. The van der Waals surface area contributed by atoms with Crippen LogP contribution in [0, 0.1) is 12.8 Å². The van der Waals surface area contributed by atoms with Gasteiger partial charge in [0.25, 0.3) is 5.91 Å². The summed E-state index contributed by atoms with van der Waals surface area (Å²) in [6.07, 6.45) is 2.86. The second-order valence-corrected chi connectivity index (χ2v) is 7.87. The maximum atomic E-state index is 11.8. The van der Waals surface area contributed by atoms with Gasteiger partial charge in [0, 0.05) is 17.7 Å². The van der Waals surface area contributed by atoms with Crippen LogP contribution in [0.3, 0.4) is 0 Å². The number of aromatic hydroxyl groups is 1. The fourth-order valence-corrected chi connectivity index (χ4v) is 5.15. The number of amides is 1. The van der Waals surface area contributed by atoms with Crippen molar-refractivity contribution in [3.8, 4) is 5.75 Å². The van der Waals surface area contributed by atoms with Crippen LogP contribution in [0.15, 0.2) is 24.3 Å². The van der Waals surface area contributed by atoms with Gasteiger partial charge < -0.3 is 20.7 Å². The summed E-state index contributed by atoms with van der Waals surface area (Å²) < 4.78 is 0. The summed E-state index contributed by atoms with van der Waals surface area (Å²) in [6.45, 7) is 7.36. The van der Waals surface area contributed by atoms with Crippen molar-refractivity contribution in [1.82, 2.24) is 9.88 Å². The van der Waals surface area contributed by atoms with Crippen LogP contribution in [-0.2, 0) is 18.3 Å². The second kappa shape index (κ2) is 6.16. The number of aromatic nitrogens is 1. The van der Waals surface area contributed by atoms with Crippen LogP contribution in [0.1, 0.15) is 46.2 Å². The molecule has 1 saturated heterocycles. The molecular weight excluding hydrogens is 326 g/mol. The molecule has 1 aliphatic heterocycles. The molecule has 5 heteroatoms. The summed E-state index contributed by atoms with van der Waals surface area (Å²) in [4.78, 5) is 17.6. The number of nitrogens with two attached hydrogens (primary N) is 1. The van der Waals surface area contributed by atoms with E-state index in [-0.39, 0.29) is 11.3 Å². The number of rotatable bonds is 3. The van der Waals surface area contributed by atoms with E-state index >= 15 is 0 Å². The maximum Gasteiger partial charge on any atom is 0.265 e. The number of hydrogen-bond donors (Lipinski definition) is 3. The summed E-state index contributed by atoms with van der Waals surface area (Å²) >= 11 is 0. The number of benzene rings is 1. The minimum atomic E-state index is -0.388. The molecule has 1 aliphatic carbocycles. The van der Waals surface area contributed by atoms with Crippen LogP contribution in [0.5, 0.6) is 5.75 Å². The van der Waals surface area contributed by atoms with Crippen molar-refractivity contribution in [2.24, 2.45) is 11.7 Å². The first-order chi connectivity index (χ1) is 12.4. The third-order valence-corrected chi connectivity index (χ3v) is 6.66. The highest BCUT2D eigenvalue weighted by Gasteiger charge is 2.48. The molecule has 0 radical (unpaired) electrons. The van der Waals surface area contributed by atoms with E-state index < -0.39 is 0 Å². The predicted molar refractivity (Wildman–Crippen MR) is 101 cm³/mol. The van der Waals surface area contributed by atoms with Crippen LogP contribution in [0.25, 0.3) is 0 Å². The van der Waals surface area contributed by atoms with E-state index in [1.54, 1.807) is 6.07 Å². The largest absolute Gasteiger partial charge is 0.508 e. The molecule has 2 unspecified atom stereocenters. The van der Waals surface area contributed by atoms with Gasteiger partial charge in [0.15, 0.2) is 0 Å². The van der Waals surface area contributed by atoms with Crippen molar-refractivity contribution in [2.45, 2.75) is 38.5 Å². The number of aromatic amines is 1. The molecule has 0 spiro atoms. The van der Waals surface area contributed by atoms with Gasteiger partial charge in [-0.05, 0) is 74.0 Å². The van der Waals surface area contributed by atoms with E-state index in [4.69, 9.17) is 5.73 Å². The van der Waals surface area contributed by atoms with Crippen LogP contribution < -0.4 is 5.73 Å². The fraction of sp³-hybridized carbons (Fsp3) is 0.476. The lowest BCUT2D eigenvalue weighted by Crippen LogP contribution is -2.53. The summed E-state index contributed by atoms with van der Waals surface area (Å²) in [5, 5.41) is 10.1. The van der Waals surface area contributed by atoms with Crippen molar-refractivity contribution in [3.63, 3.8) is 0 Å². The number of hydrogen-bond acceptors (Lipinski definition) is 3. The Hall–Kier alpha value is -2.27. The van der Waals surface area contributed by atoms with Crippen molar-refractivity contribution < 1.29 is 9.90 Å². The predicted octanol–water partition coefficient (Wildman–Crippen LogP) is 2.51. The number of piperidine rings is 1. The highest BCUT2D eigenvalue weighted by atomic mass is 16.3. The second-order valence-electron chi connectivity index (χ2n) is 7.87. The number of nitrogens with zero attached hydrogens (tertiary/aromatic N) is 1. The first kappa shape index (κ1) is 17.2. The van der Waals surface area contributed by atoms with Gasteiger partial charge in [-0.25, -0.2) is 0 Å². The molecule has 26 heavy (non-hydrogen) atoms. The maximum absolute atomic E-state index is 11.8. The Labute approximate surface area is 154 Å². The van der Waals surface area contributed by atoms with Crippen LogP contribution >= 0.6 is 0 Å². The van der Waals surface area contributed by atoms with Crippen LogP contribution in [0.4, 0.5) is 0 Å². The van der Waals surface area contributed by atoms with Gasteiger partial charge in [-0.3, -0.25) is 4.79 Å². The number of likely N-dealkylation sites (tertiary alicyclic amines) is 1. The zero-order chi connectivity index (χ0) is 18.5. The van der Waals surface area contributed by atoms with E-state index in [1.165, 1.54) is 11.1 Å². The number of H-pyrrole nitrogens is 1. The van der Waals surface area contributed by atoms with E-state index in [2.05, 4.69) is 22.9 Å². The van der Waals surface area contributed by atoms with Gasteiger partial charge in [0.1, 0.15) is 11.4 Å². The lowest BCUT2D eigenvalue weighted by molar-refractivity contribution is 0.0848. The van der Waals surface area contributed by atoms with Crippen molar-refractivity contribution >= 4 is 5.91 Å². The zero-order valence-corrected chi connectivity index (χ0v) is 15.5. The number of fused-ring (bicyclic) bond motifs is 2. The highest BCUT2D eigenvalue weighted by Crippen LogP contribution is 2.49. The van der Waals surface area contributed by atoms with Gasteiger partial charge in [-0.2, -0.15) is 0 Å². The molecule has 1 aromatic carbocycles. The van der Waals surface area contributed by atoms with Gasteiger partial charge in [0.05, 0.1) is 0 Å². The fourth-order valence-electron chi connectivity index (χ4n) is 5.15. The number of carbonyl (C=O) groups is 1. The number of phenolic OH excluding ortho intramolecular Hbond substituents is 1. The SMILES string of the molecule is CCN1CCC2(c3cccc(O)c3)Cc3[nH]c(C(N)=O)c(C)c3CC2C1. The topological polar surface area (TPSA) is 82.3 Å². The van der Waals surface area contributed by atoms with Gasteiger partial charge in [-0.1, -0.05) is 19.1 Å². The Morgan fingerprint density at radius 2 is 2.27 bits per heavy atom. The average molecular weight is 353 g/mol.